The predicted octanol–water partition coefficient (Wildman–Crippen LogP) is -0.338. The Morgan fingerprint density at radius 2 is 2.36 bits per heavy atom. The average molecular weight is 307 g/mol. The van der Waals surface area contributed by atoms with Crippen LogP contribution in [0.2, 0.25) is 0 Å². The number of carbonyl (C=O) groups is 1. The number of nitrogens with two attached hydrogens (primary N) is 1. The lowest BCUT2D eigenvalue weighted by molar-refractivity contribution is -0.141. The standard InChI is InChI=1S/C13H17N5O4/c1-21-9(19)3-2-8-11(20)7(4-22-8)18-6-17-10-12(14)15-5-16-13(10)18/h5-8,11,20H,2-4H2,1H3,(H2,14,15,16)/t7-,8-,11+/m0/s1. The van der Waals surface area contributed by atoms with Crippen molar-refractivity contribution >= 4 is 23.0 Å². The summed E-state index contributed by atoms with van der Waals surface area (Å²) < 4.78 is 11.9. The summed E-state index contributed by atoms with van der Waals surface area (Å²) in [5.41, 5.74) is 6.80. The summed E-state index contributed by atoms with van der Waals surface area (Å²) in [5, 5.41) is 10.4. The highest BCUT2D eigenvalue weighted by molar-refractivity contribution is 5.81. The Kier molecular flexibility index (Phi) is 3.90. The van der Waals surface area contributed by atoms with E-state index < -0.39 is 12.2 Å². The molecule has 3 heterocycles. The van der Waals surface area contributed by atoms with Gasteiger partial charge in [-0.2, -0.15) is 0 Å². The van der Waals surface area contributed by atoms with Crippen LogP contribution in [0, 0.1) is 0 Å². The van der Waals surface area contributed by atoms with Gasteiger partial charge in [0.15, 0.2) is 11.5 Å². The summed E-state index contributed by atoms with van der Waals surface area (Å²) in [7, 11) is 1.33. The van der Waals surface area contributed by atoms with Gasteiger partial charge in [-0.1, -0.05) is 0 Å². The highest BCUT2D eigenvalue weighted by atomic mass is 16.5. The summed E-state index contributed by atoms with van der Waals surface area (Å²) in [6.07, 6.45) is 2.32. The van der Waals surface area contributed by atoms with E-state index in [1.807, 2.05) is 0 Å². The van der Waals surface area contributed by atoms with Gasteiger partial charge in [0.05, 0.1) is 32.2 Å². The fraction of sp³-hybridized carbons (Fsp3) is 0.538. The Morgan fingerprint density at radius 3 is 3.14 bits per heavy atom. The lowest BCUT2D eigenvalue weighted by atomic mass is 10.1. The SMILES string of the molecule is COC(=O)CC[C@@H]1OC[C@H](n2cnc3c(N)ncnc32)[C@H]1O. The van der Waals surface area contributed by atoms with Crippen molar-refractivity contribution in [3.05, 3.63) is 12.7 Å². The van der Waals surface area contributed by atoms with Crippen LogP contribution in [0.5, 0.6) is 0 Å². The number of hydrogen-bond donors (Lipinski definition) is 2. The van der Waals surface area contributed by atoms with Crippen LogP contribution in [0.4, 0.5) is 5.82 Å². The Labute approximate surface area is 126 Å². The van der Waals surface area contributed by atoms with Crippen LogP contribution in [-0.4, -0.2) is 56.5 Å². The van der Waals surface area contributed by atoms with Crippen molar-refractivity contribution in [2.75, 3.05) is 19.5 Å². The van der Waals surface area contributed by atoms with Gasteiger partial charge in [-0.05, 0) is 6.42 Å². The number of aromatic nitrogens is 4. The van der Waals surface area contributed by atoms with E-state index in [4.69, 9.17) is 10.5 Å². The molecule has 22 heavy (non-hydrogen) atoms. The van der Waals surface area contributed by atoms with Gasteiger partial charge in [0, 0.05) is 6.42 Å². The summed E-state index contributed by atoms with van der Waals surface area (Å²) in [4.78, 5) is 23.4. The molecule has 0 radical (unpaired) electrons. The number of esters is 1. The van der Waals surface area contributed by atoms with Crippen molar-refractivity contribution in [2.24, 2.45) is 0 Å². The Morgan fingerprint density at radius 1 is 1.55 bits per heavy atom. The second kappa shape index (κ2) is 5.85. The van der Waals surface area contributed by atoms with Gasteiger partial charge < -0.3 is 24.9 Å². The van der Waals surface area contributed by atoms with Crippen LogP contribution in [0.15, 0.2) is 12.7 Å². The first kappa shape index (κ1) is 14.7. The van der Waals surface area contributed by atoms with Crippen molar-refractivity contribution in [2.45, 2.75) is 31.1 Å². The van der Waals surface area contributed by atoms with Gasteiger partial charge in [0.1, 0.15) is 17.9 Å². The topological polar surface area (TPSA) is 125 Å². The molecule has 0 aliphatic carbocycles. The Bertz CT molecular complexity index is 688. The third kappa shape index (κ3) is 2.48. The third-order valence-corrected chi connectivity index (χ3v) is 3.86. The van der Waals surface area contributed by atoms with Gasteiger partial charge >= 0.3 is 5.97 Å². The van der Waals surface area contributed by atoms with Crippen molar-refractivity contribution in [3.8, 4) is 0 Å². The second-order valence-corrected chi connectivity index (χ2v) is 5.13. The number of imidazole rings is 1. The molecule has 118 valence electrons. The molecule has 0 saturated carbocycles. The van der Waals surface area contributed by atoms with Gasteiger partial charge in [-0.15, -0.1) is 0 Å². The number of fused-ring (bicyclic) bond motifs is 1. The first-order chi connectivity index (χ1) is 10.6. The number of ether oxygens (including phenoxy) is 2. The predicted molar refractivity (Wildman–Crippen MR) is 75.8 cm³/mol. The summed E-state index contributed by atoms with van der Waals surface area (Å²) >= 11 is 0. The molecule has 2 aromatic heterocycles. The number of hydrogen-bond acceptors (Lipinski definition) is 8. The van der Waals surface area contributed by atoms with E-state index in [9.17, 15) is 9.90 Å². The summed E-state index contributed by atoms with van der Waals surface area (Å²) in [6.45, 7) is 0.308. The maximum Gasteiger partial charge on any atom is 0.305 e. The molecule has 1 aliphatic rings. The molecule has 9 nitrogen and oxygen atoms in total. The summed E-state index contributed by atoms with van der Waals surface area (Å²) in [6, 6.07) is -0.332. The lowest BCUT2D eigenvalue weighted by Gasteiger charge is -2.18. The molecule has 0 unspecified atom stereocenters. The summed E-state index contributed by atoms with van der Waals surface area (Å²) in [5.74, 6) is -0.0350. The van der Waals surface area contributed by atoms with Crippen molar-refractivity contribution in [3.63, 3.8) is 0 Å². The van der Waals surface area contributed by atoms with Gasteiger partial charge in [-0.25, -0.2) is 15.0 Å². The quantitative estimate of drug-likeness (QED) is 0.735. The van der Waals surface area contributed by atoms with E-state index >= 15 is 0 Å². The molecular weight excluding hydrogens is 290 g/mol. The van der Waals surface area contributed by atoms with Crippen molar-refractivity contribution in [1.82, 2.24) is 19.5 Å². The number of methoxy groups -OCH3 is 1. The van der Waals surface area contributed by atoms with E-state index in [0.717, 1.165) is 0 Å². The van der Waals surface area contributed by atoms with E-state index in [0.29, 0.717) is 30.0 Å². The fourth-order valence-corrected chi connectivity index (χ4v) is 2.64. The average Bonchev–Trinajstić information content (AvgIpc) is 3.09. The monoisotopic (exact) mass is 307 g/mol. The number of aliphatic hydroxyl groups excluding tert-OH is 1. The zero-order valence-electron chi connectivity index (χ0n) is 12.0. The molecule has 2 aromatic rings. The van der Waals surface area contributed by atoms with Crippen LogP contribution in [-0.2, 0) is 14.3 Å². The molecule has 3 N–H and O–H groups in total. The molecule has 3 atom stereocenters. The number of aliphatic hydroxyl groups is 1. The van der Waals surface area contributed by atoms with E-state index in [1.54, 1.807) is 10.9 Å². The van der Waals surface area contributed by atoms with Gasteiger partial charge in [0.25, 0.3) is 0 Å². The van der Waals surface area contributed by atoms with E-state index in [-0.39, 0.29) is 18.4 Å². The first-order valence-electron chi connectivity index (χ1n) is 6.91. The minimum atomic E-state index is -0.766. The van der Waals surface area contributed by atoms with Crippen LogP contribution >= 0.6 is 0 Å². The second-order valence-electron chi connectivity index (χ2n) is 5.13. The molecule has 1 saturated heterocycles. The van der Waals surface area contributed by atoms with Crippen LogP contribution in [0.3, 0.4) is 0 Å². The number of anilines is 1. The molecular formula is C13H17N5O4. The molecule has 0 spiro atoms. The van der Waals surface area contributed by atoms with Crippen LogP contribution < -0.4 is 5.73 Å². The molecule has 9 heteroatoms. The van der Waals surface area contributed by atoms with Crippen LogP contribution in [0.25, 0.3) is 11.2 Å². The van der Waals surface area contributed by atoms with Gasteiger partial charge in [-0.3, -0.25) is 4.79 Å². The molecule has 1 fully saturated rings. The highest BCUT2D eigenvalue weighted by Crippen LogP contribution is 2.30. The molecule has 3 rings (SSSR count). The van der Waals surface area contributed by atoms with E-state index in [1.165, 1.54) is 13.4 Å². The number of nitrogens with zero attached hydrogens (tertiary/aromatic N) is 4. The third-order valence-electron chi connectivity index (χ3n) is 3.86. The largest absolute Gasteiger partial charge is 0.469 e. The van der Waals surface area contributed by atoms with Gasteiger partial charge in [0.2, 0.25) is 0 Å². The Balaban J connectivity index is 1.78. The first-order valence-corrected chi connectivity index (χ1v) is 6.91. The zero-order chi connectivity index (χ0) is 15.7. The highest BCUT2D eigenvalue weighted by Gasteiger charge is 2.38. The molecule has 0 bridgehead atoms. The number of carbonyl (C=O) groups excluding carboxylic acids is 1. The maximum atomic E-state index is 11.2. The smallest absolute Gasteiger partial charge is 0.305 e. The minimum Gasteiger partial charge on any atom is -0.469 e. The number of rotatable bonds is 4. The lowest BCUT2D eigenvalue weighted by Crippen LogP contribution is -2.29. The van der Waals surface area contributed by atoms with Crippen molar-refractivity contribution < 1.29 is 19.4 Å². The Hall–Kier alpha value is -2.26. The number of nitrogen functional groups attached to an aromatic ring is 1. The molecule has 1 aliphatic heterocycles. The molecule has 0 aromatic carbocycles. The molecule has 0 amide bonds. The zero-order valence-corrected chi connectivity index (χ0v) is 12.0. The van der Waals surface area contributed by atoms with Crippen molar-refractivity contribution in [1.29, 1.82) is 0 Å². The van der Waals surface area contributed by atoms with Crippen LogP contribution in [0.1, 0.15) is 18.9 Å². The normalized spacial score (nSPS) is 24.7. The maximum absolute atomic E-state index is 11.2. The minimum absolute atomic E-state index is 0.199. The fourth-order valence-electron chi connectivity index (χ4n) is 2.64. The van der Waals surface area contributed by atoms with E-state index in [2.05, 4.69) is 19.7 Å².